The number of benzene rings is 1. The first-order valence-electron chi connectivity index (χ1n) is 9.08. The molecule has 3 rings (SSSR count). The SMILES string of the molecule is [C-]#[N+]c1ccc([C@H]2CN3CCN(C(=O)OC(C)(C)C)C[C@H]3CO2)cc1C. The third-order valence-corrected chi connectivity index (χ3v) is 4.86. The minimum absolute atomic E-state index is 0.0119. The van der Waals surface area contributed by atoms with Gasteiger partial charge in [0.15, 0.2) is 5.69 Å². The maximum absolute atomic E-state index is 12.3. The summed E-state index contributed by atoms with van der Waals surface area (Å²) in [5, 5.41) is 0. The van der Waals surface area contributed by atoms with E-state index in [9.17, 15) is 4.79 Å². The highest BCUT2D eigenvalue weighted by molar-refractivity contribution is 5.68. The van der Waals surface area contributed by atoms with Crippen molar-refractivity contribution in [3.63, 3.8) is 0 Å². The van der Waals surface area contributed by atoms with Gasteiger partial charge >= 0.3 is 6.09 Å². The third kappa shape index (κ3) is 4.17. The van der Waals surface area contributed by atoms with Crippen LogP contribution in [0.1, 0.15) is 38.0 Å². The average Bonchev–Trinajstić information content (AvgIpc) is 2.59. The summed E-state index contributed by atoms with van der Waals surface area (Å²) in [6.45, 7) is 18.3. The quantitative estimate of drug-likeness (QED) is 0.721. The summed E-state index contributed by atoms with van der Waals surface area (Å²) in [6.07, 6.45) is -0.234. The number of morpholine rings is 1. The lowest BCUT2D eigenvalue weighted by Gasteiger charge is -2.46. The van der Waals surface area contributed by atoms with E-state index < -0.39 is 5.60 Å². The van der Waals surface area contributed by atoms with Crippen LogP contribution in [0, 0.1) is 13.5 Å². The molecule has 6 nitrogen and oxygen atoms in total. The molecule has 0 spiro atoms. The topological polar surface area (TPSA) is 46.4 Å². The Hall–Kier alpha value is -2.10. The molecule has 26 heavy (non-hydrogen) atoms. The van der Waals surface area contributed by atoms with Crippen molar-refractivity contribution in [3.05, 3.63) is 40.7 Å². The summed E-state index contributed by atoms with van der Waals surface area (Å²) < 4.78 is 11.6. The number of carbonyl (C=O) groups is 1. The molecule has 1 aromatic carbocycles. The van der Waals surface area contributed by atoms with E-state index in [2.05, 4.69) is 15.8 Å². The van der Waals surface area contributed by atoms with Gasteiger partial charge in [0.05, 0.1) is 25.3 Å². The highest BCUT2D eigenvalue weighted by atomic mass is 16.6. The van der Waals surface area contributed by atoms with E-state index in [1.165, 1.54) is 0 Å². The number of hydrogen-bond acceptors (Lipinski definition) is 4. The Bertz CT molecular complexity index is 720. The summed E-state index contributed by atoms with van der Waals surface area (Å²) in [6, 6.07) is 6.11. The second-order valence-electron chi connectivity index (χ2n) is 8.05. The van der Waals surface area contributed by atoms with Gasteiger partial charge in [0.1, 0.15) is 5.60 Å². The number of hydrogen-bond donors (Lipinski definition) is 0. The molecular formula is C20H27N3O3. The minimum Gasteiger partial charge on any atom is -0.444 e. The normalized spacial score (nSPS) is 23.9. The highest BCUT2D eigenvalue weighted by Gasteiger charge is 2.36. The van der Waals surface area contributed by atoms with Crippen LogP contribution >= 0.6 is 0 Å². The fourth-order valence-corrected chi connectivity index (χ4v) is 3.48. The molecule has 1 aromatic rings. The van der Waals surface area contributed by atoms with E-state index in [1.54, 1.807) is 4.90 Å². The maximum Gasteiger partial charge on any atom is 0.410 e. The summed E-state index contributed by atoms with van der Waals surface area (Å²) in [5.41, 5.74) is 2.31. The third-order valence-electron chi connectivity index (χ3n) is 4.86. The summed E-state index contributed by atoms with van der Waals surface area (Å²) in [7, 11) is 0. The number of carbonyl (C=O) groups excluding carboxylic acids is 1. The van der Waals surface area contributed by atoms with Crippen LogP contribution in [0.15, 0.2) is 18.2 Å². The minimum atomic E-state index is -0.474. The van der Waals surface area contributed by atoms with Crippen molar-refractivity contribution in [2.75, 3.05) is 32.8 Å². The highest BCUT2D eigenvalue weighted by Crippen LogP contribution is 2.30. The van der Waals surface area contributed by atoms with Crippen LogP contribution in [0.5, 0.6) is 0 Å². The molecular weight excluding hydrogens is 330 g/mol. The number of ether oxygens (including phenoxy) is 2. The van der Waals surface area contributed by atoms with Gasteiger partial charge in [0.25, 0.3) is 0 Å². The standard InChI is InChI=1S/C20H27N3O3/c1-14-10-15(6-7-17(14)21-5)18-12-22-8-9-23(11-16(22)13-25-18)19(24)26-20(2,3)4/h6-7,10,16,18H,8-9,11-13H2,1-4H3/t16-,18+/m0/s1. The molecule has 0 saturated carbocycles. The van der Waals surface area contributed by atoms with Crippen LogP contribution in [0.3, 0.4) is 0 Å². The largest absolute Gasteiger partial charge is 0.444 e. The van der Waals surface area contributed by atoms with Crippen LogP contribution in [0.4, 0.5) is 10.5 Å². The number of nitrogens with zero attached hydrogens (tertiary/aromatic N) is 3. The van der Waals surface area contributed by atoms with Gasteiger partial charge in [-0.1, -0.05) is 18.2 Å². The van der Waals surface area contributed by atoms with Gasteiger partial charge in [0, 0.05) is 26.2 Å². The van der Waals surface area contributed by atoms with E-state index in [4.69, 9.17) is 16.0 Å². The molecule has 0 aromatic heterocycles. The monoisotopic (exact) mass is 357 g/mol. The van der Waals surface area contributed by atoms with Gasteiger partial charge in [-0.15, -0.1) is 0 Å². The van der Waals surface area contributed by atoms with E-state index in [0.29, 0.717) is 25.4 Å². The van der Waals surface area contributed by atoms with Crippen LogP contribution < -0.4 is 0 Å². The second kappa shape index (κ2) is 7.26. The van der Waals surface area contributed by atoms with Crippen LogP contribution in [0.25, 0.3) is 4.85 Å². The molecule has 2 aliphatic rings. The van der Waals surface area contributed by atoms with Gasteiger partial charge in [-0.05, 0) is 38.8 Å². The van der Waals surface area contributed by atoms with Gasteiger partial charge in [0.2, 0.25) is 0 Å². The Kier molecular flexibility index (Phi) is 5.22. The lowest BCUT2D eigenvalue weighted by molar-refractivity contribution is -0.0906. The molecule has 6 heteroatoms. The fraction of sp³-hybridized carbons (Fsp3) is 0.600. The zero-order valence-corrected chi connectivity index (χ0v) is 16.0. The Labute approximate surface area is 155 Å². The molecule has 0 aliphatic carbocycles. The summed E-state index contributed by atoms with van der Waals surface area (Å²) in [4.78, 5) is 20.0. The molecule has 2 saturated heterocycles. The zero-order valence-electron chi connectivity index (χ0n) is 16.0. The van der Waals surface area contributed by atoms with E-state index in [1.807, 2.05) is 39.8 Å². The van der Waals surface area contributed by atoms with Gasteiger partial charge < -0.3 is 14.4 Å². The molecule has 0 bridgehead atoms. The second-order valence-corrected chi connectivity index (χ2v) is 8.05. The lowest BCUT2D eigenvalue weighted by Crippen LogP contribution is -2.59. The fourth-order valence-electron chi connectivity index (χ4n) is 3.48. The van der Waals surface area contributed by atoms with Crippen LogP contribution in [-0.2, 0) is 9.47 Å². The van der Waals surface area contributed by atoms with Crippen molar-refractivity contribution in [3.8, 4) is 0 Å². The first-order valence-corrected chi connectivity index (χ1v) is 9.08. The van der Waals surface area contributed by atoms with Crippen molar-refractivity contribution in [1.82, 2.24) is 9.80 Å². The number of fused-ring (bicyclic) bond motifs is 1. The average molecular weight is 357 g/mol. The van der Waals surface area contributed by atoms with E-state index in [-0.39, 0.29) is 18.2 Å². The van der Waals surface area contributed by atoms with E-state index >= 15 is 0 Å². The number of piperazine rings is 1. The molecule has 0 unspecified atom stereocenters. The van der Waals surface area contributed by atoms with Crippen molar-refractivity contribution in [2.45, 2.75) is 45.4 Å². The molecule has 2 heterocycles. The Balaban J connectivity index is 1.61. The van der Waals surface area contributed by atoms with Gasteiger partial charge in [-0.3, -0.25) is 4.90 Å². The van der Waals surface area contributed by atoms with Gasteiger partial charge in [-0.25, -0.2) is 9.64 Å². The molecule has 140 valence electrons. The maximum atomic E-state index is 12.3. The predicted octanol–water partition coefficient (Wildman–Crippen LogP) is 3.54. The van der Waals surface area contributed by atoms with Gasteiger partial charge in [-0.2, -0.15) is 0 Å². The zero-order chi connectivity index (χ0) is 18.9. The van der Waals surface area contributed by atoms with Crippen molar-refractivity contribution in [2.24, 2.45) is 0 Å². The first kappa shape index (κ1) is 18.7. The van der Waals surface area contributed by atoms with Crippen LogP contribution in [0.2, 0.25) is 0 Å². The molecule has 1 amide bonds. The molecule has 2 aliphatic heterocycles. The predicted molar refractivity (Wildman–Crippen MR) is 99.3 cm³/mol. The first-order chi connectivity index (χ1) is 12.3. The molecule has 0 N–H and O–H groups in total. The number of aryl methyl sites for hydroxylation is 1. The van der Waals surface area contributed by atoms with E-state index in [0.717, 1.165) is 24.2 Å². The van der Waals surface area contributed by atoms with Crippen LogP contribution in [-0.4, -0.2) is 60.3 Å². The summed E-state index contributed by atoms with van der Waals surface area (Å²) >= 11 is 0. The molecule has 2 atom stereocenters. The van der Waals surface area contributed by atoms with Crippen molar-refractivity contribution in [1.29, 1.82) is 0 Å². The smallest absolute Gasteiger partial charge is 0.410 e. The molecule has 2 fully saturated rings. The number of amides is 1. The lowest BCUT2D eigenvalue weighted by atomic mass is 10.0. The molecule has 0 radical (unpaired) electrons. The van der Waals surface area contributed by atoms with Crippen molar-refractivity contribution >= 4 is 11.8 Å². The Morgan fingerprint density at radius 2 is 2.08 bits per heavy atom. The number of rotatable bonds is 1. The summed E-state index contributed by atoms with van der Waals surface area (Å²) in [5.74, 6) is 0. The Morgan fingerprint density at radius 1 is 1.31 bits per heavy atom. The Morgan fingerprint density at radius 3 is 2.73 bits per heavy atom. The van der Waals surface area contributed by atoms with Crippen molar-refractivity contribution < 1.29 is 14.3 Å².